The van der Waals surface area contributed by atoms with Crippen molar-refractivity contribution in [3.8, 4) is 0 Å². The summed E-state index contributed by atoms with van der Waals surface area (Å²) in [5, 5.41) is 0. The highest BCUT2D eigenvalue weighted by Gasteiger charge is 2.35. The smallest absolute Gasteiger partial charge is 0.0462 e. The fourth-order valence-electron chi connectivity index (χ4n) is 4.97. The molecule has 0 aromatic heterocycles. The van der Waals surface area contributed by atoms with Crippen molar-refractivity contribution in [2.75, 3.05) is 13.7 Å². The van der Waals surface area contributed by atoms with Crippen LogP contribution in [-0.2, 0) is 10.2 Å². The normalized spacial score (nSPS) is 11.6. The molecule has 0 aliphatic heterocycles. The van der Waals surface area contributed by atoms with Gasteiger partial charge in [0.1, 0.15) is 0 Å². The molecule has 0 saturated heterocycles. The maximum Gasteiger partial charge on any atom is 0.0462 e. The molecule has 0 unspecified atom stereocenters. The third-order valence-corrected chi connectivity index (χ3v) is 7.03. The Morgan fingerprint density at radius 3 is 1.18 bits per heavy atom. The van der Waals surface area contributed by atoms with Crippen molar-refractivity contribution in [1.82, 2.24) is 0 Å². The SMILES string of the molecule is COCCCCCCCCCC(c1ccc(C)cc1)(c1ccc(C)cc1)c1ccc(C)cc1. The molecule has 0 radical (unpaired) electrons. The van der Waals surface area contributed by atoms with Gasteiger partial charge in [-0.2, -0.15) is 0 Å². The van der Waals surface area contributed by atoms with Gasteiger partial charge in [-0.15, -0.1) is 0 Å². The van der Waals surface area contributed by atoms with E-state index in [1.807, 2.05) is 0 Å². The number of methoxy groups -OCH3 is 1. The quantitative estimate of drug-likeness (QED) is 0.190. The lowest BCUT2D eigenvalue weighted by Gasteiger charge is -2.36. The van der Waals surface area contributed by atoms with Crippen LogP contribution in [0.4, 0.5) is 0 Å². The van der Waals surface area contributed by atoms with Crippen LogP contribution in [0, 0.1) is 20.8 Å². The molecule has 0 saturated carbocycles. The first kappa shape index (κ1) is 25.2. The highest BCUT2D eigenvalue weighted by molar-refractivity contribution is 5.51. The van der Waals surface area contributed by atoms with Gasteiger partial charge >= 0.3 is 0 Å². The van der Waals surface area contributed by atoms with Gasteiger partial charge in [0.15, 0.2) is 0 Å². The Bertz CT molecular complexity index is 824. The summed E-state index contributed by atoms with van der Waals surface area (Å²) in [6, 6.07) is 27.7. The number of rotatable bonds is 13. The van der Waals surface area contributed by atoms with Gasteiger partial charge in [-0.3, -0.25) is 0 Å². The summed E-state index contributed by atoms with van der Waals surface area (Å²) >= 11 is 0. The number of unbranched alkanes of at least 4 members (excludes halogenated alkanes) is 6. The molecule has 0 heterocycles. The van der Waals surface area contributed by atoms with Crippen molar-refractivity contribution in [2.45, 2.75) is 77.6 Å². The lowest BCUT2D eigenvalue weighted by Crippen LogP contribution is -2.29. The molecule has 0 fully saturated rings. The molecule has 0 aliphatic rings. The molecule has 1 heteroatoms. The molecule has 33 heavy (non-hydrogen) atoms. The van der Waals surface area contributed by atoms with E-state index < -0.39 is 0 Å². The van der Waals surface area contributed by atoms with Crippen LogP contribution in [-0.4, -0.2) is 13.7 Å². The van der Waals surface area contributed by atoms with Crippen LogP contribution in [0.2, 0.25) is 0 Å². The van der Waals surface area contributed by atoms with Gasteiger partial charge in [0.2, 0.25) is 0 Å². The number of ether oxygens (including phenoxy) is 1. The van der Waals surface area contributed by atoms with Crippen LogP contribution in [0.25, 0.3) is 0 Å². The Balaban J connectivity index is 1.86. The first-order valence-electron chi connectivity index (χ1n) is 12.8. The Morgan fingerprint density at radius 1 is 0.485 bits per heavy atom. The van der Waals surface area contributed by atoms with Crippen LogP contribution in [0.15, 0.2) is 72.8 Å². The molecule has 3 aromatic rings. The summed E-state index contributed by atoms with van der Waals surface area (Å²) in [6.07, 6.45) is 10.1. The minimum atomic E-state index is -0.117. The third kappa shape index (κ3) is 6.81. The maximum absolute atomic E-state index is 5.17. The van der Waals surface area contributed by atoms with E-state index in [-0.39, 0.29) is 5.41 Å². The zero-order valence-corrected chi connectivity index (χ0v) is 21.2. The van der Waals surface area contributed by atoms with Crippen molar-refractivity contribution in [1.29, 1.82) is 0 Å². The van der Waals surface area contributed by atoms with Crippen molar-refractivity contribution < 1.29 is 4.74 Å². The highest BCUT2D eigenvalue weighted by Crippen LogP contribution is 2.44. The predicted molar refractivity (Wildman–Crippen MR) is 142 cm³/mol. The lowest BCUT2D eigenvalue weighted by atomic mass is 9.66. The predicted octanol–water partition coefficient (Wildman–Crippen LogP) is 8.71. The third-order valence-electron chi connectivity index (χ3n) is 7.03. The standard InChI is InChI=1S/C32H42O/c1-26-12-18-29(19-13-26)32(30-20-14-27(2)15-21-30,31-22-16-28(3)17-23-31)24-10-8-6-5-7-9-11-25-33-4/h12-23H,5-11,24-25H2,1-4H3. The molecule has 0 bridgehead atoms. The fraction of sp³-hybridized carbons (Fsp3) is 0.438. The number of hydrogen-bond donors (Lipinski definition) is 0. The van der Waals surface area contributed by atoms with Gasteiger partial charge in [0, 0.05) is 19.1 Å². The molecule has 176 valence electrons. The summed E-state index contributed by atoms with van der Waals surface area (Å²) in [5.41, 5.74) is 8.03. The van der Waals surface area contributed by atoms with E-state index in [0.717, 1.165) is 13.0 Å². The highest BCUT2D eigenvalue weighted by atomic mass is 16.5. The second-order valence-corrected chi connectivity index (χ2v) is 9.72. The Labute approximate surface area is 202 Å². The first-order chi connectivity index (χ1) is 16.1. The molecular formula is C32H42O. The average Bonchev–Trinajstić information content (AvgIpc) is 2.83. The van der Waals surface area contributed by atoms with Crippen LogP contribution < -0.4 is 0 Å². The Kier molecular flexibility index (Phi) is 9.76. The molecule has 1 nitrogen and oxygen atoms in total. The van der Waals surface area contributed by atoms with Crippen molar-refractivity contribution in [2.24, 2.45) is 0 Å². The number of hydrogen-bond acceptors (Lipinski definition) is 1. The molecule has 3 aromatic carbocycles. The van der Waals surface area contributed by atoms with Crippen LogP contribution in [0.5, 0.6) is 0 Å². The molecule has 0 amide bonds. The van der Waals surface area contributed by atoms with E-state index in [2.05, 4.69) is 93.6 Å². The summed E-state index contributed by atoms with van der Waals surface area (Å²) in [6.45, 7) is 7.42. The Hall–Kier alpha value is -2.38. The van der Waals surface area contributed by atoms with Crippen molar-refractivity contribution in [3.63, 3.8) is 0 Å². The van der Waals surface area contributed by atoms with Gasteiger partial charge in [-0.1, -0.05) is 128 Å². The summed E-state index contributed by atoms with van der Waals surface area (Å²) in [7, 11) is 1.79. The van der Waals surface area contributed by atoms with Crippen LogP contribution in [0.1, 0.15) is 84.7 Å². The molecule has 0 aliphatic carbocycles. The second-order valence-electron chi connectivity index (χ2n) is 9.72. The van der Waals surface area contributed by atoms with E-state index >= 15 is 0 Å². The lowest BCUT2D eigenvalue weighted by molar-refractivity contribution is 0.192. The second kappa shape index (κ2) is 12.8. The van der Waals surface area contributed by atoms with Crippen molar-refractivity contribution in [3.05, 3.63) is 106 Å². The van der Waals surface area contributed by atoms with E-state index in [0.29, 0.717) is 0 Å². The molecular weight excluding hydrogens is 400 g/mol. The monoisotopic (exact) mass is 442 g/mol. The van der Waals surface area contributed by atoms with Gasteiger partial charge < -0.3 is 4.74 Å². The number of benzene rings is 3. The minimum absolute atomic E-state index is 0.117. The topological polar surface area (TPSA) is 9.23 Å². The van der Waals surface area contributed by atoms with Crippen LogP contribution >= 0.6 is 0 Å². The zero-order chi connectivity index (χ0) is 23.5. The van der Waals surface area contributed by atoms with Gasteiger partial charge in [0.25, 0.3) is 0 Å². The summed E-state index contributed by atoms with van der Waals surface area (Å²) in [5.74, 6) is 0. The molecule has 0 spiro atoms. The molecule has 0 N–H and O–H groups in total. The van der Waals surface area contributed by atoms with E-state index in [4.69, 9.17) is 4.74 Å². The van der Waals surface area contributed by atoms with Gasteiger partial charge in [-0.25, -0.2) is 0 Å². The van der Waals surface area contributed by atoms with Crippen molar-refractivity contribution >= 4 is 0 Å². The van der Waals surface area contributed by atoms with Gasteiger partial charge in [0.05, 0.1) is 0 Å². The van der Waals surface area contributed by atoms with Gasteiger partial charge in [-0.05, 0) is 50.3 Å². The summed E-state index contributed by atoms with van der Waals surface area (Å²) < 4.78 is 5.17. The number of aryl methyl sites for hydroxylation is 3. The summed E-state index contributed by atoms with van der Waals surface area (Å²) in [4.78, 5) is 0. The molecule has 0 atom stereocenters. The van der Waals surface area contributed by atoms with E-state index in [1.54, 1.807) is 7.11 Å². The maximum atomic E-state index is 5.17. The van der Waals surface area contributed by atoms with Crippen LogP contribution in [0.3, 0.4) is 0 Å². The first-order valence-corrected chi connectivity index (χ1v) is 12.8. The largest absolute Gasteiger partial charge is 0.385 e. The fourth-order valence-corrected chi connectivity index (χ4v) is 4.97. The van der Waals surface area contributed by atoms with E-state index in [1.165, 1.54) is 78.3 Å². The minimum Gasteiger partial charge on any atom is -0.385 e. The average molecular weight is 443 g/mol. The van der Waals surface area contributed by atoms with E-state index in [9.17, 15) is 0 Å². The molecule has 3 rings (SSSR count). The Morgan fingerprint density at radius 2 is 0.818 bits per heavy atom. The zero-order valence-electron chi connectivity index (χ0n) is 21.2.